The van der Waals surface area contributed by atoms with Crippen molar-refractivity contribution in [2.45, 2.75) is 37.7 Å². The van der Waals surface area contributed by atoms with E-state index in [1.165, 1.54) is 30.4 Å². The van der Waals surface area contributed by atoms with Crippen LogP contribution in [0.5, 0.6) is 0 Å². The van der Waals surface area contributed by atoms with Crippen LogP contribution >= 0.6 is 0 Å². The largest absolute Gasteiger partial charge is 0.391 e. The highest BCUT2D eigenvalue weighted by Gasteiger charge is 2.34. The molecule has 4 rings (SSSR count). The topological polar surface area (TPSA) is 32.3 Å². The maximum absolute atomic E-state index is 10.3. The van der Waals surface area contributed by atoms with Crippen LogP contribution in [0.15, 0.2) is 24.3 Å². The van der Waals surface area contributed by atoms with Gasteiger partial charge in [-0.25, -0.2) is 0 Å². The lowest BCUT2D eigenvalue weighted by atomic mass is 9.76. The van der Waals surface area contributed by atoms with Crippen molar-refractivity contribution in [2.24, 2.45) is 5.92 Å². The molecular formula is C17H21NO. The van der Waals surface area contributed by atoms with Gasteiger partial charge in [0.15, 0.2) is 0 Å². The predicted molar refractivity (Wildman–Crippen MR) is 77.1 cm³/mol. The molecule has 0 saturated carbocycles. The second-order valence-corrected chi connectivity index (χ2v) is 6.18. The van der Waals surface area contributed by atoms with Crippen molar-refractivity contribution in [3.05, 3.63) is 41.0 Å². The Bertz CT molecular complexity index is 534. The van der Waals surface area contributed by atoms with Crippen LogP contribution < -0.4 is 5.32 Å². The van der Waals surface area contributed by atoms with Gasteiger partial charge in [0, 0.05) is 12.5 Å². The SMILES string of the molecule is OC1CNCCC1C1=CCC2CCc3cccc1c32. The van der Waals surface area contributed by atoms with Crippen molar-refractivity contribution in [3.8, 4) is 0 Å². The van der Waals surface area contributed by atoms with Gasteiger partial charge in [-0.3, -0.25) is 0 Å². The average molecular weight is 255 g/mol. The van der Waals surface area contributed by atoms with Crippen molar-refractivity contribution in [2.75, 3.05) is 13.1 Å². The van der Waals surface area contributed by atoms with E-state index in [0.717, 1.165) is 25.4 Å². The van der Waals surface area contributed by atoms with Gasteiger partial charge in [-0.15, -0.1) is 0 Å². The number of nitrogens with one attached hydrogen (secondary N) is 1. The number of allylic oxidation sites excluding steroid dienone is 1. The molecule has 3 aliphatic rings. The molecule has 1 aliphatic heterocycles. The zero-order valence-electron chi connectivity index (χ0n) is 11.2. The number of hydrogen-bond acceptors (Lipinski definition) is 2. The van der Waals surface area contributed by atoms with Crippen LogP contribution in [0.3, 0.4) is 0 Å². The predicted octanol–water partition coefficient (Wildman–Crippen LogP) is 2.47. The second kappa shape index (κ2) is 4.46. The van der Waals surface area contributed by atoms with Gasteiger partial charge in [0.05, 0.1) is 6.10 Å². The second-order valence-electron chi connectivity index (χ2n) is 6.18. The first-order valence-corrected chi connectivity index (χ1v) is 7.55. The van der Waals surface area contributed by atoms with Crippen LogP contribution in [0, 0.1) is 5.92 Å². The Labute approximate surface area is 114 Å². The molecule has 1 heterocycles. The van der Waals surface area contributed by atoms with E-state index < -0.39 is 0 Å². The first kappa shape index (κ1) is 11.7. The molecule has 1 aromatic rings. The molecule has 3 atom stereocenters. The first-order valence-electron chi connectivity index (χ1n) is 7.55. The summed E-state index contributed by atoms with van der Waals surface area (Å²) in [6.45, 7) is 1.76. The van der Waals surface area contributed by atoms with Crippen molar-refractivity contribution < 1.29 is 5.11 Å². The first-order chi connectivity index (χ1) is 9.34. The molecule has 0 bridgehead atoms. The lowest BCUT2D eigenvalue weighted by Crippen LogP contribution is -2.41. The quantitative estimate of drug-likeness (QED) is 0.808. The molecule has 2 N–H and O–H groups in total. The zero-order chi connectivity index (χ0) is 12.8. The monoisotopic (exact) mass is 255 g/mol. The fourth-order valence-corrected chi connectivity index (χ4v) is 4.21. The summed E-state index contributed by atoms with van der Waals surface area (Å²) in [4.78, 5) is 0. The van der Waals surface area contributed by atoms with Gasteiger partial charge in [-0.1, -0.05) is 24.3 Å². The van der Waals surface area contributed by atoms with Gasteiger partial charge < -0.3 is 10.4 Å². The van der Waals surface area contributed by atoms with E-state index in [1.807, 2.05) is 0 Å². The molecule has 1 aromatic carbocycles. The van der Waals surface area contributed by atoms with Gasteiger partial charge in [-0.05, 0) is 60.4 Å². The Morgan fingerprint density at radius 3 is 3.05 bits per heavy atom. The molecule has 1 fully saturated rings. The third kappa shape index (κ3) is 1.78. The molecule has 2 heteroatoms. The highest BCUT2D eigenvalue weighted by atomic mass is 16.3. The van der Waals surface area contributed by atoms with E-state index >= 15 is 0 Å². The Morgan fingerprint density at radius 1 is 1.21 bits per heavy atom. The summed E-state index contributed by atoms with van der Waals surface area (Å²) < 4.78 is 0. The number of rotatable bonds is 1. The van der Waals surface area contributed by atoms with Crippen LogP contribution in [0.25, 0.3) is 5.57 Å². The standard InChI is InChI=1S/C17H21NO/c19-16-10-18-9-8-14(16)13-7-6-12-5-4-11-2-1-3-15(13)17(11)12/h1-3,7,12,14,16,18-19H,4-6,8-10H2. The summed E-state index contributed by atoms with van der Waals surface area (Å²) in [6, 6.07) is 6.76. The molecule has 0 spiro atoms. The number of piperidine rings is 1. The van der Waals surface area contributed by atoms with Crippen LogP contribution in [-0.4, -0.2) is 24.3 Å². The maximum Gasteiger partial charge on any atom is 0.0733 e. The summed E-state index contributed by atoms with van der Waals surface area (Å²) in [7, 11) is 0. The summed E-state index contributed by atoms with van der Waals surface area (Å²) >= 11 is 0. The maximum atomic E-state index is 10.3. The highest BCUT2D eigenvalue weighted by Crippen LogP contribution is 2.46. The Morgan fingerprint density at radius 2 is 2.16 bits per heavy atom. The van der Waals surface area contributed by atoms with Crippen molar-refractivity contribution in [1.82, 2.24) is 5.32 Å². The fourth-order valence-electron chi connectivity index (χ4n) is 4.21. The summed E-state index contributed by atoms with van der Waals surface area (Å²) in [5, 5.41) is 13.6. The molecule has 0 amide bonds. The molecule has 0 aromatic heterocycles. The third-order valence-corrected chi connectivity index (χ3v) is 5.15. The highest BCUT2D eigenvalue weighted by molar-refractivity contribution is 5.74. The van der Waals surface area contributed by atoms with E-state index in [4.69, 9.17) is 0 Å². The Balaban J connectivity index is 1.77. The van der Waals surface area contributed by atoms with Crippen LogP contribution in [0.1, 0.15) is 41.9 Å². The smallest absolute Gasteiger partial charge is 0.0733 e. The minimum atomic E-state index is -0.228. The Kier molecular flexibility index (Phi) is 2.75. The van der Waals surface area contributed by atoms with E-state index in [-0.39, 0.29) is 6.10 Å². The van der Waals surface area contributed by atoms with Crippen molar-refractivity contribution in [3.63, 3.8) is 0 Å². The fraction of sp³-hybridized carbons (Fsp3) is 0.529. The van der Waals surface area contributed by atoms with Gasteiger partial charge in [0.2, 0.25) is 0 Å². The lowest BCUT2D eigenvalue weighted by molar-refractivity contribution is 0.109. The van der Waals surface area contributed by atoms with Crippen LogP contribution in [-0.2, 0) is 6.42 Å². The third-order valence-electron chi connectivity index (χ3n) is 5.15. The number of benzene rings is 1. The molecule has 19 heavy (non-hydrogen) atoms. The molecule has 3 unspecified atom stereocenters. The van der Waals surface area contributed by atoms with E-state index in [0.29, 0.717) is 5.92 Å². The normalized spacial score (nSPS) is 32.9. The van der Waals surface area contributed by atoms with Crippen molar-refractivity contribution >= 4 is 5.57 Å². The van der Waals surface area contributed by atoms with Crippen LogP contribution in [0.4, 0.5) is 0 Å². The Hall–Kier alpha value is -1.12. The van der Waals surface area contributed by atoms with Gasteiger partial charge in [0.25, 0.3) is 0 Å². The number of aryl methyl sites for hydroxylation is 1. The minimum absolute atomic E-state index is 0.228. The molecule has 100 valence electrons. The summed E-state index contributed by atoms with van der Waals surface area (Å²) in [5.74, 6) is 1.07. The minimum Gasteiger partial charge on any atom is -0.391 e. The summed E-state index contributed by atoms with van der Waals surface area (Å²) in [5.41, 5.74) is 6.02. The number of aliphatic hydroxyl groups is 1. The number of aliphatic hydroxyl groups excluding tert-OH is 1. The molecule has 2 nitrogen and oxygen atoms in total. The van der Waals surface area contributed by atoms with Gasteiger partial charge in [0.1, 0.15) is 0 Å². The van der Waals surface area contributed by atoms with E-state index in [9.17, 15) is 5.11 Å². The molecule has 1 saturated heterocycles. The summed E-state index contributed by atoms with van der Waals surface area (Å²) in [6.07, 6.45) is 6.97. The van der Waals surface area contributed by atoms with E-state index in [2.05, 4.69) is 29.6 Å². The lowest BCUT2D eigenvalue weighted by Gasteiger charge is -2.34. The zero-order valence-corrected chi connectivity index (χ0v) is 11.2. The van der Waals surface area contributed by atoms with Gasteiger partial charge >= 0.3 is 0 Å². The molecule has 2 aliphatic carbocycles. The van der Waals surface area contributed by atoms with Crippen molar-refractivity contribution in [1.29, 1.82) is 0 Å². The number of β-amino-alcohol motifs (C(OH)–C–C–N with tert-alkyl or cyclic N) is 1. The average Bonchev–Trinajstić information content (AvgIpc) is 2.86. The number of hydrogen-bond donors (Lipinski definition) is 2. The van der Waals surface area contributed by atoms with Gasteiger partial charge in [-0.2, -0.15) is 0 Å². The molecule has 0 radical (unpaired) electrons. The molecular weight excluding hydrogens is 234 g/mol. The van der Waals surface area contributed by atoms with E-state index in [1.54, 1.807) is 11.1 Å². The van der Waals surface area contributed by atoms with Crippen LogP contribution in [0.2, 0.25) is 0 Å².